The van der Waals surface area contributed by atoms with E-state index in [-0.39, 0.29) is 5.78 Å². The second-order valence-electron chi connectivity index (χ2n) is 6.06. The van der Waals surface area contributed by atoms with Crippen LogP contribution in [0.3, 0.4) is 0 Å². The average Bonchev–Trinajstić information content (AvgIpc) is 2.49. The lowest BCUT2D eigenvalue weighted by Crippen LogP contribution is -2.37. The molecule has 3 rings (SSSR count). The van der Waals surface area contributed by atoms with Crippen LogP contribution in [-0.4, -0.2) is 10.9 Å². The van der Waals surface area contributed by atoms with Gasteiger partial charge in [-0.25, -0.2) is 0 Å². The average molecular weight is 268 g/mol. The van der Waals surface area contributed by atoms with Crippen LogP contribution in [0.5, 0.6) is 0 Å². The van der Waals surface area contributed by atoms with Gasteiger partial charge in [-0.15, -0.1) is 0 Å². The van der Waals surface area contributed by atoms with Crippen molar-refractivity contribution in [1.82, 2.24) is 0 Å². The van der Waals surface area contributed by atoms with Crippen molar-refractivity contribution in [2.24, 2.45) is 5.41 Å². The highest BCUT2D eigenvalue weighted by atomic mass is 16.3. The van der Waals surface area contributed by atoms with E-state index in [1.165, 1.54) is 0 Å². The van der Waals surface area contributed by atoms with Gasteiger partial charge in [0.15, 0.2) is 0 Å². The molecule has 104 valence electrons. The highest BCUT2D eigenvalue weighted by molar-refractivity contribution is 5.87. The third-order valence-corrected chi connectivity index (χ3v) is 4.68. The van der Waals surface area contributed by atoms with Crippen LogP contribution in [0.2, 0.25) is 0 Å². The molecule has 0 aliphatic heterocycles. The standard InChI is InChI=1S/C18H20O2/c1-18(11-5-4-8-16(18)19)17(20)15-10-9-13-6-2-3-7-14(13)12-15/h2-3,6-7,9-10,12,17,20H,4-5,8,11H2,1H3/t17-,18+/m0/s1. The predicted octanol–water partition coefficient (Wildman–Crippen LogP) is 4.02. The van der Waals surface area contributed by atoms with Gasteiger partial charge in [0.1, 0.15) is 5.78 Å². The second-order valence-corrected chi connectivity index (χ2v) is 6.06. The first-order valence-corrected chi connectivity index (χ1v) is 7.31. The van der Waals surface area contributed by atoms with Crippen molar-refractivity contribution in [2.45, 2.75) is 38.7 Å². The Balaban J connectivity index is 1.99. The molecule has 0 radical (unpaired) electrons. The normalized spacial score (nSPS) is 24.8. The molecule has 1 aliphatic rings. The van der Waals surface area contributed by atoms with Gasteiger partial charge in [0.05, 0.1) is 11.5 Å². The van der Waals surface area contributed by atoms with Crippen LogP contribution < -0.4 is 0 Å². The molecule has 20 heavy (non-hydrogen) atoms. The molecule has 2 atom stereocenters. The van der Waals surface area contributed by atoms with Crippen molar-refractivity contribution in [3.63, 3.8) is 0 Å². The summed E-state index contributed by atoms with van der Waals surface area (Å²) in [5.41, 5.74) is 0.224. The minimum atomic E-state index is -0.708. The third-order valence-electron chi connectivity index (χ3n) is 4.68. The predicted molar refractivity (Wildman–Crippen MR) is 80.5 cm³/mol. The summed E-state index contributed by atoms with van der Waals surface area (Å²) in [4.78, 5) is 12.2. The molecule has 0 aromatic heterocycles. The summed E-state index contributed by atoms with van der Waals surface area (Å²) in [7, 11) is 0. The fourth-order valence-corrected chi connectivity index (χ4v) is 3.24. The Hall–Kier alpha value is -1.67. The Bertz CT molecular complexity index is 647. The lowest BCUT2D eigenvalue weighted by atomic mass is 9.69. The lowest BCUT2D eigenvalue weighted by Gasteiger charge is -2.36. The smallest absolute Gasteiger partial charge is 0.141 e. The summed E-state index contributed by atoms with van der Waals surface area (Å²) >= 11 is 0. The molecule has 1 fully saturated rings. The largest absolute Gasteiger partial charge is 0.387 e. The van der Waals surface area contributed by atoms with Crippen LogP contribution in [0.4, 0.5) is 0 Å². The number of Topliss-reactive ketones (excluding diaryl/α,β-unsaturated/α-hetero) is 1. The van der Waals surface area contributed by atoms with Gasteiger partial charge in [0, 0.05) is 6.42 Å². The first-order valence-electron chi connectivity index (χ1n) is 7.31. The van der Waals surface area contributed by atoms with Crippen LogP contribution in [0.1, 0.15) is 44.3 Å². The minimum absolute atomic E-state index is 0.199. The molecule has 0 amide bonds. The van der Waals surface area contributed by atoms with Gasteiger partial charge in [0.25, 0.3) is 0 Å². The molecular weight excluding hydrogens is 248 g/mol. The van der Waals surface area contributed by atoms with E-state index >= 15 is 0 Å². The summed E-state index contributed by atoms with van der Waals surface area (Å²) < 4.78 is 0. The van der Waals surface area contributed by atoms with Crippen molar-refractivity contribution >= 4 is 16.6 Å². The number of aliphatic hydroxyl groups excluding tert-OH is 1. The zero-order chi connectivity index (χ0) is 14.2. The highest BCUT2D eigenvalue weighted by Crippen LogP contribution is 2.43. The summed E-state index contributed by atoms with van der Waals surface area (Å²) in [6, 6.07) is 14.1. The molecule has 2 aromatic rings. The van der Waals surface area contributed by atoms with E-state index in [2.05, 4.69) is 6.07 Å². The van der Waals surface area contributed by atoms with Gasteiger partial charge >= 0.3 is 0 Å². The Kier molecular flexibility index (Phi) is 3.35. The van der Waals surface area contributed by atoms with Gasteiger partial charge in [-0.3, -0.25) is 4.79 Å². The molecule has 0 saturated heterocycles. The maximum absolute atomic E-state index is 12.2. The molecule has 0 bridgehead atoms. The van der Waals surface area contributed by atoms with Gasteiger partial charge in [0.2, 0.25) is 0 Å². The van der Waals surface area contributed by atoms with Gasteiger partial charge in [-0.1, -0.05) is 42.8 Å². The number of hydrogen-bond donors (Lipinski definition) is 1. The Labute approximate surface area is 119 Å². The first kappa shape index (κ1) is 13.3. The van der Waals surface area contributed by atoms with Crippen molar-refractivity contribution in [2.75, 3.05) is 0 Å². The monoisotopic (exact) mass is 268 g/mol. The second kappa shape index (κ2) is 5.02. The Morgan fingerprint density at radius 3 is 2.60 bits per heavy atom. The Morgan fingerprint density at radius 1 is 1.10 bits per heavy atom. The van der Waals surface area contributed by atoms with Crippen LogP contribution in [0, 0.1) is 5.41 Å². The quantitative estimate of drug-likeness (QED) is 0.893. The SMILES string of the molecule is C[C@@]1([C@@H](O)c2ccc3ccccc3c2)CCCCC1=O. The molecule has 0 unspecified atom stereocenters. The molecule has 2 nitrogen and oxygen atoms in total. The number of aliphatic hydroxyl groups is 1. The fourth-order valence-electron chi connectivity index (χ4n) is 3.24. The van der Waals surface area contributed by atoms with Gasteiger partial charge in [-0.05, 0) is 42.2 Å². The van der Waals surface area contributed by atoms with E-state index in [4.69, 9.17) is 0 Å². The van der Waals surface area contributed by atoms with Crippen LogP contribution in [-0.2, 0) is 4.79 Å². The molecule has 1 aliphatic carbocycles. The van der Waals surface area contributed by atoms with E-state index in [0.29, 0.717) is 6.42 Å². The van der Waals surface area contributed by atoms with Crippen molar-refractivity contribution in [1.29, 1.82) is 0 Å². The molecule has 1 saturated carbocycles. The molecule has 2 aromatic carbocycles. The fraction of sp³-hybridized carbons (Fsp3) is 0.389. The highest BCUT2D eigenvalue weighted by Gasteiger charge is 2.42. The zero-order valence-electron chi connectivity index (χ0n) is 11.8. The number of benzene rings is 2. The number of rotatable bonds is 2. The summed E-state index contributed by atoms with van der Waals surface area (Å²) in [5.74, 6) is 0.199. The van der Waals surface area contributed by atoms with E-state index < -0.39 is 11.5 Å². The first-order chi connectivity index (χ1) is 9.61. The number of hydrogen-bond acceptors (Lipinski definition) is 2. The molecule has 2 heteroatoms. The number of carbonyl (C=O) groups excluding carboxylic acids is 1. The van der Waals surface area contributed by atoms with Crippen molar-refractivity contribution < 1.29 is 9.90 Å². The lowest BCUT2D eigenvalue weighted by molar-refractivity contribution is -0.138. The summed E-state index contributed by atoms with van der Waals surface area (Å²) in [6.07, 6.45) is 2.65. The zero-order valence-corrected chi connectivity index (χ0v) is 11.8. The molecular formula is C18H20O2. The summed E-state index contributed by atoms with van der Waals surface area (Å²) in [5, 5.41) is 13.0. The maximum Gasteiger partial charge on any atom is 0.141 e. The minimum Gasteiger partial charge on any atom is -0.387 e. The van der Waals surface area contributed by atoms with Crippen molar-refractivity contribution in [3.05, 3.63) is 48.0 Å². The van der Waals surface area contributed by atoms with Gasteiger partial charge < -0.3 is 5.11 Å². The third kappa shape index (κ3) is 2.14. The summed E-state index contributed by atoms with van der Waals surface area (Å²) in [6.45, 7) is 1.91. The van der Waals surface area contributed by atoms with Crippen LogP contribution in [0.25, 0.3) is 10.8 Å². The molecule has 0 spiro atoms. The van der Waals surface area contributed by atoms with Crippen molar-refractivity contribution in [3.8, 4) is 0 Å². The molecule has 0 heterocycles. The number of carbonyl (C=O) groups is 1. The van der Waals surface area contributed by atoms with E-state index in [1.807, 2.05) is 43.3 Å². The van der Waals surface area contributed by atoms with E-state index in [9.17, 15) is 9.90 Å². The molecule has 1 N–H and O–H groups in total. The Morgan fingerprint density at radius 2 is 1.85 bits per heavy atom. The van der Waals surface area contributed by atoms with Crippen LogP contribution >= 0.6 is 0 Å². The topological polar surface area (TPSA) is 37.3 Å². The van der Waals surface area contributed by atoms with Crippen LogP contribution in [0.15, 0.2) is 42.5 Å². The maximum atomic E-state index is 12.2. The number of fused-ring (bicyclic) bond motifs is 1. The van der Waals surface area contributed by atoms with E-state index in [1.54, 1.807) is 0 Å². The number of ketones is 1. The van der Waals surface area contributed by atoms with Gasteiger partial charge in [-0.2, -0.15) is 0 Å². The van der Waals surface area contributed by atoms with E-state index in [0.717, 1.165) is 35.6 Å².